The van der Waals surface area contributed by atoms with Crippen molar-refractivity contribution >= 4 is 17.7 Å². The number of nitrogens with zero attached hydrogens (tertiary/aromatic N) is 3. The van der Waals surface area contributed by atoms with Gasteiger partial charge >= 0.3 is 0 Å². The minimum absolute atomic E-state index is 0.00293. The molecule has 0 atom stereocenters. The van der Waals surface area contributed by atoms with Gasteiger partial charge < -0.3 is 14.6 Å². The van der Waals surface area contributed by atoms with Crippen LogP contribution in [0.1, 0.15) is 25.3 Å². The van der Waals surface area contributed by atoms with Gasteiger partial charge in [-0.05, 0) is 49.3 Å². The summed E-state index contributed by atoms with van der Waals surface area (Å²) in [6.07, 6.45) is 3.86. The first-order chi connectivity index (χ1) is 13.5. The quantitative estimate of drug-likeness (QED) is 0.614. The van der Waals surface area contributed by atoms with E-state index in [1.165, 1.54) is 11.8 Å². The third kappa shape index (κ3) is 4.54. The molecule has 28 heavy (non-hydrogen) atoms. The Bertz CT molecular complexity index is 941. The van der Waals surface area contributed by atoms with Crippen LogP contribution in [0, 0.1) is 17.2 Å². The van der Waals surface area contributed by atoms with Crippen LogP contribution in [-0.2, 0) is 4.79 Å². The van der Waals surface area contributed by atoms with E-state index in [9.17, 15) is 14.9 Å². The Morgan fingerprint density at radius 1 is 1.36 bits per heavy atom. The largest absolute Gasteiger partial charge is 0.484 e. The highest BCUT2D eigenvalue weighted by Crippen LogP contribution is 2.24. The maximum Gasteiger partial charge on any atom is 0.270 e. The molecule has 0 unspecified atom stereocenters. The van der Waals surface area contributed by atoms with E-state index in [0.29, 0.717) is 28.1 Å². The van der Waals surface area contributed by atoms with Crippen LogP contribution in [0.2, 0.25) is 0 Å². The van der Waals surface area contributed by atoms with Crippen LogP contribution >= 0.6 is 11.8 Å². The van der Waals surface area contributed by atoms with Crippen molar-refractivity contribution < 1.29 is 9.53 Å². The molecule has 1 fully saturated rings. The fourth-order valence-corrected chi connectivity index (χ4v) is 3.44. The van der Waals surface area contributed by atoms with Gasteiger partial charge in [-0.25, -0.2) is 4.98 Å². The minimum Gasteiger partial charge on any atom is -0.484 e. The second-order valence-corrected chi connectivity index (χ2v) is 7.58. The number of aromatic nitrogens is 2. The molecule has 0 spiro atoms. The molecular weight excluding hydrogens is 376 g/mol. The third-order valence-electron chi connectivity index (χ3n) is 4.83. The van der Waals surface area contributed by atoms with Crippen molar-refractivity contribution in [1.29, 1.82) is 5.26 Å². The van der Waals surface area contributed by atoms with Gasteiger partial charge in [0.05, 0.1) is 5.69 Å². The normalized spacial score (nSPS) is 14.5. The Balaban J connectivity index is 1.69. The summed E-state index contributed by atoms with van der Waals surface area (Å²) in [6, 6.07) is 8.80. The highest BCUT2D eigenvalue weighted by atomic mass is 32.2. The number of hydrogen-bond donors (Lipinski definition) is 1. The topological polar surface area (TPSA) is 99.1 Å². The molecule has 0 saturated carbocycles. The van der Waals surface area contributed by atoms with Crippen molar-refractivity contribution in [3.05, 3.63) is 40.2 Å². The van der Waals surface area contributed by atoms with Gasteiger partial charge in [0.15, 0.2) is 11.8 Å². The van der Waals surface area contributed by atoms with E-state index in [1.54, 1.807) is 30.5 Å². The number of amides is 1. The zero-order valence-corrected chi connectivity index (χ0v) is 16.7. The number of benzene rings is 1. The van der Waals surface area contributed by atoms with Gasteiger partial charge in [0.1, 0.15) is 17.4 Å². The number of nitrogens with one attached hydrogen (secondary N) is 1. The van der Waals surface area contributed by atoms with Crippen molar-refractivity contribution in [2.75, 3.05) is 26.0 Å². The zero-order valence-electron chi connectivity index (χ0n) is 15.9. The Hall–Kier alpha value is -2.79. The molecule has 1 amide bonds. The number of carbonyl (C=O) groups excluding carboxylic acids is 1. The molecule has 1 saturated heterocycles. The molecule has 0 radical (unpaired) electrons. The summed E-state index contributed by atoms with van der Waals surface area (Å²) in [5.41, 5.74) is 0.488. The van der Waals surface area contributed by atoms with E-state index in [0.717, 1.165) is 25.9 Å². The van der Waals surface area contributed by atoms with Crippen molar-refractivity contribution in [2.24, 2.45) is 5.92 Å². The molecule has 0 bridgehead atoms. The summed E-state index contributed by atoms with van der Waals surface area (Å²) >= 11 is 1.30. The van der Waals surface area contributed by atoms with Crippen molar-refractivity contribution in [3.63, 3.8) is 0 Å². The number of rotatable bonds is 5. The first kappa shape index (κ1) is 20.0. The predicted molar refractivity (Wildman–Crippen MR) is 107 cm³/mol. The van der Waals surface area contributed by atoms with Gasteiger partial charge in [-0.15, -0.1) is 0 Å². The molecule has 1 aromatic carbocycles. The smallest absolute Gasteiger partial charge is 0.270 e. The van der Waals surface area contributed by atoms with Crippen molar-refractivity contribution in [2.45, 2.75) is 24.9 Å². The minimum atomic E-state index is -0.460. The second-order valence-electron chi connectivity index (χ2n) is 6.79. The first-order valence-electron chi connectivity index (χ1n) is 9.11. The molecule has 1 N–H and O–H groups in total. The lowest BCUT2D eigenvalue weighted by Crippen LogP contribution is -2.40. The Morgan fingerprint density at radius 3 is 2.64 bits per heavy atom. The van der Waals surface area contributed by atoms with E-state index in [1.807, 2.05) is 11.0 Å². The van der Waals surface area contributed by atoms with Crippen LogP contribution in [0.15, 0.2) is 34.2 Å². The molecule has 146 valence electrons. The van der Waals surface area contributed by atoms with E-state index >= 15 is 0 Å². The number of aromatic amines is 1. The SMILES string of the molecule is CSc1nc(-c2ccc(OCC(=O)N3CCC(C)CC3)cc2)c(C#N)c(=O)[nH]1. The molecule has 0 aliphatic carbocycles. The molecule has 8 heteroatoms. The van der Waals surface area contributed by atoms with Crippen molar-refractivity contribution in [1.82, 2.24) is 14.9 Å². The lowest BCUT2D eigenvalue weighted by Gasteiger charge is -2.30. The molecule has 1 aromatic heterocycles. The van der Waals surface area contributed by atoms with Gasteiger partial charge in [-0.1, -0.05) is 18.7 Å². The number of thioether (sulfide) groups is 1. The maximum atomic E-state index is 12.3. The van der Waals surface area contributed by atoms with Crippen LogP contribution in [0.4, 0.5) is 0 Å². The van der Waals surface area contributed by atoms with Crippen LogP contribution in [-0.4, -0.2) is 46.7 Å². The van der Waals surface area contributed by atoms with E-state index in [4.69, 9.17) is 4.74 Å². The highest BCUT2D eigenvalue weighted by molar-refractivity contribution is 7.98. The number of H-pyrrole nitrogens is 1. The standard InChI is InChI=1S/C20H22N4O3S/c1-13-7-9-24(10-8-13)17(25)12-27-15-5-3-14(4-6-15)18-16(11-21)19(26)23-20(22-18)28-2/h3-6,13H,7-10,12H2,1-2H3,(H,22,23,26). The van der Waals surface area contributed by atoms with Gasteiger partial charge in [0, 0.05) is 18.7 Å². The predicted octanol–water partition coefficient (Wildman–Crippen LogP) is 2.67. The first-order valence-corrected chi connectivity index (χ1v) is 10.3. The molecule has 1 aliphatic heterocycles. The third-order valence-corrected chi connectivity index (χ3v) is 5.41. The number of hydrogen-bond acceptors (Lipinski definition) is 6. The van der Waals surface area contributed by atoms with Crippen LogP contribution < -0.4 is 10.3 Å². The number of nitriles is 1. The molecule has 1 aliphatic rings. The van der Waals surface area contributed by atoms with Gasteiger partial charge in [-0.2, -0.15) is 5.26 Å². The summed E-state index contributed by atoms with van der Waals surface area (Å²) in [7, 11) is 0. The number of likely N-dealkylation sites (tertiary alicyclic amines) is 1. The Labute approximate surface area is 167 Å². The summed E-state index contributed by atoms with van der Waals surface area (Å²) < 4.78 is 5.62. The lowest BCUT2D eigenvalue weighted by atomic mass is 9.99. The average molecular weight is 398 g/mol. The second kappa shape index (κ2) is 8.93. The molecule has 3 rings (SSSR count). The summed E-state index contributed by atoms with van der Waals surface area (Å²) in [4.78, 5) is 33.1. The van der Waals surface area contributed by atoms with Crippen molar-refractivity contribution in [3.8, 4) is 23.1 Å². The fraction of sp³-hybridized carbons (Fsp3) is 0.400. The van der Waals surface area contributed by atoms with Crippen LogP contribution in [0.25, 0.3) is 11.3 Å². The molecular formula is C20H22N4O3S. The molecule has 2 heterocycles. The van der Waals surface area contributed by atoms with E-state index in [2.05, 4.69) is 16.9 Å². The number of ether oxygens (including phenoxy) is 1. The lowest BCUT2D eigenvalue weighted by molar-refractivity contribution is -0.134. The monoisotopic (exact) mass is 398 g/mol. The Morgan fingerprint density at radius 2 is 2.04 bits per heavy atom. The number of carbonyl (C=O) groups is 1. The van der Waals surface area contributed by atoms with E-state index in [-0.39, 0.29) is 18.1 Å². The fourth-order valence-electron chi connectivity index (χ4n) is 3.07. The zero-order chi connectivity index (χ0) is 20.1. The van der Waals surface area contributed by atoms with Crippen LogP contribution in [0.5, 0.6) is 5.75 Å². The molecule has 7 nitrogen and oxygen atoms in total. The van der Waals surface area contributed by atoms with E-state index < -0.39 is 5.56 Å². The molecule has 2 aromatic rings. The maximum absolute atomic E-state index is 12.3. The van der Waals surface area contributed by atoms with Gasteiger partial charge in [-0.3, -0.25) is 9.59 Å². The highest BCUT2D eigenvalue weighted by Gasteiger charge is 2.20. The van der Waals surface area contributed by atoms with Gasteiger partial charge in [0.2, 0.25) is 0 Å². The van der Waals surface area contributed by atoms with Gasteiger partial charge in [0.25, 0.3) is 11.5 Å². The van der Waals surface area contributed by atoms with Crippen LogP contribution in [0.3, 0.4) is 0 Å². The summed E-state index contributed by atoms with van der Waals surface area (Å²) in [6.45, 7) is 3.77. The average Bonchev–Trinajstić information content (AvgIpc) is 2.72. The number of piperidine rings is 1. The summed E-state index contributed by atoms with van der Waals surface area (Å²) in [5, 5.41) is 9.73. The summed E-state index contributed by atoms with van der Waals surface area (Å²) in [5.74, 6) is 1.21. The Kier molecular flexibility index (Phi) is 6.37.